The molecule has 29 heavy (non-hydrogen) atoms. The van der Waals surface area contributed by atoms with Crippen molar-refractivity contribution in [2.24, 2.45) is 0 Å². The van der Waals surface area contributed by atoms with Crippen LogP contribution in [0.15, 0.2) is 24.3 Å². The lowest BCUT2D eigenvalue weighted by Gasteiger charge is -2.10. The van der Waals surface area contributed by atoms with Crippen LogP contribution in [0, 0.1) is 0 Å². The fraction of sp³-hybridized carbons (Fsp3) is 0.667. The zero-order valence-corrected chi connectivity index (χ0v) is 19.0. The summed E-state index contributed by atoms with van der Waals surface area (Å²) in [7, 11) is -4.03. The van der Waals surface area contributed by atoms with Crippen LogP contribution in [0.1, 0.15) is 76.7 Å². The Balaban J connectivity index is 2.21. The number of aryl methyl sites for hydroxylation is 1. The van der Waals surface area contributed by atoms with Crippen LogP contribution >= 0.6 is 11.6 Å². The summed E-state index contributed by atoms with van der Waals surface area (Å²) >= 11 is 5.38. The number of rotatable bonds is 16. The molecule has 0 aromatic heterocycles. The molecule has 0 aliphatic carbocycles. The maximum atomic E-state index is 11.9. The second-order valence-electron chi connectivity index (χ2n) is 7.16. The zero-order valence-electron chi connectivity index (χ0n) is 17.4. The van der Waals surface area contributed by atoms with Gasteiger partial charge >= 0.3 is 16.3 Å². The zero-order chi connectivity index (χ0) is 21.4. The summed E-state index contributed by atoms with van der Waals surface area (Å²) in [6.07, 6.45) is 13.0. The molecule has 1 aromatic carbocycles. The minimum Gasteiger partial charge on any atom is -0.448 e. The van der Waals surface area contributed by atoms with E-state index in [-0.39, 0.29) is 12.5 Å². The van der Waals surface area contributed by atoms with Gasteiger partial charge in [0, 0.05) is 0 Å². The van der Waals surface area contributed by atoms with E-state index < -0.39 is 16.3 Å². The van der Waals surface area contributed by atoms with Crippen LogP contribution in [0.2, 0.25) is 0 Å². The molecular formula is C21H35ClN2O4S. The summed E-state index contributed by atoms with van der Waals surface area (Å²) in [6.45, 7) is 2.18. The normalized spacial score (nSPS) is 11.2. The quantitative estimate of drug-likeness (QED) is 0.249. The highest BCUT2D eigenvalue weighted by Gasteiger charge is 2.15. The first kappa shape index (κ1) is 25.6. The van der Waals surface area contributed by atoms with E-state index in [2.05, 4.69) is 16.4 Å². The monoisotopic (exact) mass is 446 g/mol. The van der Waals surface area contributed by atoms with Gasteiger partial charge in [0.15, 0.2) is 0 Å². The molecule has 0 atom stereocenters. The van der Waals surface area contributed by atoms with Crippen molar-refractivity contribution in [1.29, 1.82) is 0 Å². The van der Waals surface area contributed by atoms with Gasteiger partial charge in [0.05, 0.1) is 11.6 Å². The number of ether oxygens (including phenoxy) is 1. The minimum atomic E-state index is -4.03. The molecule has 0 heterocycles. The molecule has 2 N–H and O–H groups in total. The molecule has 0 aliphatic rings. The Morgan fingerprint density at radius 3 is 2.03 bits per heavy atom. The van der Waals surface area contributed by atoms with Crippen LogP contribution in [0.3, 0.4) is 0 Å². The Hall–Kier alpha value is -1.47. The number of carbonyl (C=O) groups excluding carboxylic acids is 1. The molecule has 0 saturated carbocycles. The SMILES string of the molecule is CCCCCCCCCCCCc1ccc(NS(=O)(=O)NC(=O)OCCCl)cc1. The summed E-state index contributed by atoms with van der Waals surface area (Å²) in [5.74, 6) is 0.0986. The van der Waals surface area contributed by atoms with Gasteiger partial charge < -0.3 is 4.74 Å². The van der Waals surface area contributed by atoms with Gasteiger partial charge in [-0.05, 0) is 30.5 Å². The first-order valence-electron chi connectivity index (χ1n) is 10.6. The smallest absolute Gasteiger partial charge is 0.422 e. The molecule has 8 heteroatoms. The summed E-state index contributed by atoms with van der Waals surface area (Å²) in [5.41, 5.74) is 1.55. The Morgan fingerprint density at radius 2 is 1.48 bits per heavy atom. The molecule has 166 valence electrons. The molecular weight excluding hydrogens is 412 g/mol. The van der Waals surface area contributed by atoms with Gasteiger partial charge in [0.25, 0.3) is 0 Å². The van der Waals surface area contributed by atoms with Gasteiger partial charge in [-0.3, -0.25) is 4.72 Å². The third-order valence-electron chi connectivity index (χ3n) is 4.55. The Bertz CT molecular complexity index is 666. The lowest BCUT2D eigenvalue weighted by atomic mass is 10.0. The fourth-order valence-electron chi connectivity index (χ4n) is 3.01. The van der Waals surface area contributed by atoms with Gasteiger partial charge in [0.2, 0.25) is 0 Å². The Kier molecular flexibility index (Phi) is 13.6. The summed E-state index contributed by atoms with van der Waals surface area (Å²) in [6, 6.07) is 7.18. The van der Waals surface area contributed by atoms with Crippen molar-refractivity contribution in [3.63, 3.8) is 0 Å². The Labute approximate surface area is 180 Å². The van der Waals surface area contributed by atoms with Crippen molar-refractivity contribution in [2.45, 2.75) is 77.6 Å². The number of halogens is 1. The van der Waals surface area contributed by atoms with E-state index >= 15 is 0 Å². The van der Waals surface area contributed by atoms with Crippen LogP contribution in [0.4, 0.5) is 10.5 Å². The average Bonchev–Trinajstić information content (AvgIpc) is 2.68. The van der Waals surface area contributed by atoms with Gasteiger partial charge in [0.1, 0.15) is 6.61 Å². The molecule has 6 nitrogen and oxygen atoms in total. The van der Waals surface area contributed by atoms with Crippen molar-refractivity contribution in [1.82, 2.24) is 4.72 Å². The van der Waals surface area contributed by atoms with Gasteiger partial charge in [-0.1, -0.05) is 76.8 Å². The van der Waals surface area contributed by atoms with E-state index in [9.17, 15) is 13.2 Å². The van der Waals surface area contributed by atoms with Gasteiger partial charge in [-0.15, -0.1) is 11.6 Å². The van der Waals surface area contributed by atoms with E-state index in [0.29, 0.717) is 5.69 Å². The average molecular weight is 447 g/mol. The molecule has 0 fully saturated rings. The fourth-order valence-corrected chi connectivity index (χ4v) is 3.86. The lowest BCUT2D eigenvalue weighted by molar-refractivity contribution is 0.159. The van der Waals surface area contributed by atoms with E-state index in [4.69, 9.17) is 11.6 Å². The highest BCUT2D eigenvalue weighted by Crippen LogP contribution is 2.15. The number of hydrogen-bond donors (Lipinski definition) is 2. The number of carbonyl (C=O) groups is 1. The van der Waals surface area contributed by atoms with Crippen LogP contribution in [0.25, 0.3) is 0 Å². The predicted molar refractivity (Wildman–Crippen MR) is 120 cm³/mol. The topological polar surface area (TPSA) is 84.5 Å². The van der Waals surface area contributed by atoms with Crippen molar-refractivity contribution < 1.29 is 17.9 Å². The highest BCUT2D eigenvalue weighted by atomic mass is 35.5. The van der Waals surface area contributed by atoms with Crippen molar-refractivity contribution in [2.75, 3.05) is 17.2 Å². The molecule has 1 aromatic rings. The summed E-state index contributed by atoms with van der Waals surface area (Å²) in [4.78, 5) is 11.3. The molecule has 1 amide bonds. The van der Waals surface area contributed by atoms with Crippen LogP contribution < -0.4 is 9.44 Å². The molecule has 0 bridgehead atoms. The first-order valence-corrected chi connectivity index (χ1v) is 12.6. The Morgan fingerprint density at radius 1 is 0.931 bits per heavy atom. The maximum Gasteiger partial charge on any atom is 0.422 e. The standard InChI is InChI=1S/C21H35ClN2O4S/c1-2-3-4-5-6-7-8-9-10-11-12-19-13-15-20(16-14-19)23-29(26,27)24-21(25)28-18-17-22/h13-16,23H,2-12,17-18H2,1H3,(H,24,25). The van der Waals surface area contributed by atoms with Crippen molar-refractivity contribution in [3.05, 3.63) is 29.8 Å². The number of unbranched alkanes of at least 4 members (excludes halogenated alkanes) is 9. The minimum absolute atomic E-state index is 0.0590. The van der Waals surface area contributed by atoms with E-state index in [1.165, 1.54) is 63.4 Å². The highest BCUT2D eigenvalue weighted by molar-refractivity contribution is 7.91. The predicted octanol–water partition coefficient (Wildman–Crippen LogP) is 5.77. The number of benzene rings is 1. The van der Waals surface area contributed by atoms with Crippen LogP contribution in [0.5, 0.6) is 0 Å². The third-order valence-corrected chi connectivity index (χ3v) is 5.65. The number of hydrogen-bond acceptors (Lipinski definition) is 4. The third kappa shape index (κ3) is 13.4. The first-order chi connectivity index (χ1) is 14.0. The summed E-state index contributed by atoms with van der Waals surface area (Å²) in [5, 5.41) is 0. The lowest BCUT2D eigenvalue weighted by Crippen LogP contribution is -2.36. The molecule has 0 spiro atoms. The largest absolute Gasteiger partial charge is 0.448 e. The van der Waals surface area contributed by atoms with E-state index in [1.807, 2.05) is 12.1 Å². The molecule has 0 unspecified atom stereocenters. The van der Waals surface area contributed by atoms with Crippen LogP contribution in [-0.2, 0) is 21.4 Å². The second-order valence-corrected chi connectivity index (χ2v) is 8.95. The number of amides is 1. The second kappa shape index (κ2) is 15.4. The van der Waals surface area contributed by atoms with E-state index in [1.54, 1.807) is 16.9 Å². The number of nitrogens with one attached hydrogen (secondary N) is 2. The van der Waals surface area contributed by atoms with Gasteiger partial charge in [-0.2, -0.15) is 8.42 Å². The van der Waals surface area contributed by atoms with Crippen molar-refractivity contribution >= 4 is 33.6 Å². The molecule has 0 aliphatic heterocycles. The van der Waals surface area contributed by atoms with Gasteiger partial charge in [-0.25, -0.2) is 9.52 Å². The molecule has 0 saturated heterocycles. The number of anilines is 1. The maximum absolute atomic E-state index is 11.9. The molecule has 0 radical (unpaired) electrons. The number of alkyl halides is 1. The van der Waals surface area contributed by atoms with E-state index in [0.717, 1.165) is 12.8 Å². The van der Waals surface area contributed by atoms with Crippen molar-refractivity contribution in [3.8, 4) is 0 Å². The molecule has 1 rings (SSSR count). The summed E-state index contributed by atoms with van der Waals surface area (Å²) < 4.78 is 32.4. The van der Waals surface area contributed by atoms with Crippen LogP contribution in [-0.4, -0.2) is 27.0 Å².